The second-order valence-electron chi connectivity index (χ2n) is 6.72. The van der Waals surface area contributed by atoms with Crippen molar-refractivity contribution in [1.82, 2.24) is 15.1 Å². The second-order valence-corrected chi connectivity index (χ2v) is 6.72. The van der Waals surface area contributed by atoms with Gasteiger partial charge in [0.2, 0.25) is 0 Å². The van der Waals surface area contributed by atoms with Gasteiger partial charge in [-0.2, -0.15) is 0 Å². The zero-order valence-electron chi connectivity index (χ0n) is 13.2. The molecule has 0 aromatic carbocycles. The Balaban J connectivity index is 2.45. The van der Waals surface area contributed by atoms with Crippen LogP contribution in [0.3, 0.4) is 0 Å². The normalized spacial score (nSPS) is 28.0. The molecule has 1 N–H and O–H groups in total. The Morgan fingerprint density at radius 2 is 1.94 bits per heavy atom. The van der Waals surface area contributed by atoms with Gasteiger partial charge in [-0.25, -0.2) is 0 Å². The highest BCUT2D eigenvalue weighted by Gasteiger charge is 2.28. The Kier molecular flexibility index (Phi) is 6.61. The van der Waals surface area contributed by atoms with Crippen LogP contribution in [0.25, 0.3) is 0 Å². The smallest absolute Gasteiger partial charge is 0.0198 e. The first-order valence-corrected chi connectivity index (χ1v) is 7.54. The summed E-state index contributed by atoms with van der Waals surface area (Å²) in [5, 5.41) is 3.70. The molecule has 3 heteroatoms. The standard InChI is InChI=1S/C15H33N3/c1-12(2)9-15-11-18(14(4)10-16-15)13(3)7-8-17(5)6/h12-16H,7-11H2,1-6H3. The van der Waals surface area contributed by atoms with E-state index in [-0.39, 0.29) is 0 Å². The third kappa shape index (κ3) is 5.25. The lowest BCUT2D eigenvalue weighted by Crippen LogP contribution is -2.58. The topological polar surface area (TPSA) is 18.5 Å². The lowest BCUT2D eigenvalue weighted by Gasteiger charge is -2.43. The predicted molar refractivity (Wildman–Crippen MR) is 80.0 cm³/mol. The summed E-state index contributed by atoms with van der Waals surface area (Å²) in [6.45, 7) is 12.9. The molecule has 0 spiro atoms. The van der Waals surface area contributed by atoms with Crippen LogP contribution >= 0.6 is 0 Å². The highest BCUT2D eigenvalue weighted by molar-refractivity contribution is 4.87. The number of hydrogen-bond donors (Lipinski definition) is 1. The van der Waals surface area contributed by atoms with Crippen LogP contribution in [0.4, 0.5) is 0 Å². The molecule has 1 saturated heterocycles. The minimum Gasteiger partial charge on any atom is -0.311 e. The van der Waals surface area contributed by atoms with E-state index >= 15 is 0 Å². The van der Waals surface area contributed by atoms with E-state index in [1.165, 1.54) is 25.9 Å². The van der Waals surface area contributed by atoms with Gasteiger partial charge in [-0.05, 0) is 53.2 Å². The fourth-order valence-electron chi connectivity index (χ4n) is 2.91. The van der Waals surface area contributed by atoms with Crippen molar-refractivity contribution in [3.8, 4) is 0 Å². The summed E-state index contributed by atoms with van der Waals surface area (Å²) in [5.74, 6) is 0.787. The van der Waals surface area contributed by atoms with Gasteiger partial charge in [0.05, 0.1) is 0 Å². The van der Waals surface area contributed by atoms with E-state index in [0.29, 0.717) is 18.1 Å². The maximum absolute atomic E-state index is 3.70. The molecular weight excluding hydrogens is 222 g/mol. The molecule has 108 valence electrons. The second kappa shape index (κ2) is 7.46. The third-order valence-electron chi connectivity index (χ3n) is 4.02. The molecule has 0 aromatic rings. The Morgan fingerprint density at radius 1 is 1.28 bits per heavy atom. The summed E-state index contributed by atoms with van der Waals surface area (Å²) in [4.78, 5) is 4.99. The molecule has 0 bridgehead atoms. The van der Waals surface area contributed by atoms with Crippen LogP contribution < -0.4 is 5.32 Å². The number of nitrogens with one attached hydrogen (secondary N) is 1. The summed E-state index contributed by atoms with van der Waals surface area (Å²) >= 11 is 0. The molecule has 0 amide bonds. The Hall–Kier alpha value is -0.120. The van der Waals surface area contributed by atoms with Gasteiger partial charge < -0.3 is 10.2 Å². The molecule has 1 aliphatic rings. The van der Waals surface area contributed by atoms with Crippen molar-refractivity contribution < 1.29 is 0 Å². The molecule has 1 heterocycles. The minimum atomic E-state index is 0.672. The van der Waals surface area contributed by atoms with E-state index < -0.39 is 0 Å². The van der Waals surface area contributed by atoms with Gasteiger partial charge in [0, 0.05) is 31.2 Å². The largest absolute Gasteiger partial charge is 0.311 e. The summed E-state index contributed by atoms with van der Waals surface area (Å²) < 4.78 is 0. The maximum atomic E-state index is 3.70. The Labute approximate surface area is 114 Å². The van der Waals surface area contributed by atoms with Crippen LogP contribution in [-0.4, -0.2) is 61.7 Å². The average molecular weight is 255 g/mol. The van der Waals surface area contributed by atoms with E-state index in [1.54, 1.807) is 0 Å². The van der Waals surface area contributed by atoms with Crippen LogP contribution in [0.5, 0.6) is 0 Å². The Bertz CT molecular complexity index is 228. The summed E-state index contributed by atoms with van der Waals surface area (Å²) in [7, 11) is 4.32. The van der Waals surface area contributed by atoms with Gasteiger partial charge in [0.1, 0.15) is 0 Å². The molecule has 1 rings (SSSR count). The summed E-state index contributed by atoms with van der Waals surface area (Å²) in [5.41, 5.74) is 0. The van der Waals surface area contributed by atoms with Crippen LogP contribution in [0.15, 0.2) is 0 Å². The highest BCUT2D eigenvalue weighted by Crippen LogP contribution is 2.17. The SMILES string of the molecule is CC(C)CC1CN(C(C)CCN(C)C)C(C)CN1. The molecule has 0 saturated carbocycles. The van der Waals surface area contributed by atoms with Crippen LogP contribution in [0.2, 0.25) is 0 Å². The molecule has 3 nitrogen and oxygen atoms in total. The maximum Gasteiger partial charge on any atom is 0.0198 e. The molecule has 18 heavy (non-hydrogen) atoms. The quantitative estimate of drug-likeness (QED) is 0.783. The van der Waals surface area contributed by atoms with Crippen LogP contribution in [0, 0.1) is 5.92 Å². The first kappa shape index (κ1) is 15.9. The number of hydrogen-bond acceptors (Lipinski definition) is 3. The molecule has 1 aliphatic heterocycles. The highest BCUT2D eigenvalue weighted by atomic mass is 15.2. The van der Waals surface area contributed by atoms with Gasteiger partial charge in [-0.15, -0.1) is 0 Å². The first-order valence-electron chi connectivity index (χ1n) is 7.54. The van der Waals surface area contributed by atoms with E-state index in [9.17, 15) is 0 Å². The van der Waals surface area contributed by atoms with Crippen molar-refractivity contribution >= 4 is 0 Å². The van der Waals surface area contributed by atoms with Crippen molar-refractivity contribution in [3.05, 3.63) is 0 Å². The molecule has 3 unspecified atom stereocenters. The van der Waals surface area contributed by atoms with Crippen molar-refractivity contribution in [2.75, 3.05) is 33.7 Å². The minimum absolute atomic E-state index is 0.672. The molecule has 0 aliphatic carbocycles. The third-order valence-corrected chi connectivity index (χ3v) is 4.02. The number of nitrogens with zero attached hydrogens (tertiary/aromatic N) is 2. The zero-order valence-corrected chi connectivity index (χ0v) is 13.2. The fraction of sp³-hybridized carbons (Fsp3) is 1.00. The fourth-order valence-corrected chi connectivity index (χ4v) is 2.91. The van der Waals surface area contributed by atoms with Crippen molar-refractivity contribution in [2.45, 2.75) is 58.7 Å². The van der Waals surface area contributed by atoms with Gasteiger partial charge in [0.15, 0.2) is 0 Å². The molecule has 3 atom stereocenters. The van der Waals surface area contributed by atoms with Gasteiger partial charge in [-0.1, -0.05) is 13.8 Å². The summed E-state index contributed by atoms with van der Waals surface area (Å²) in [6, 6.07) is 2.05. The average Bonchev–Trinajstić information content (AvgIpc) is 2.28. The monoisotopic (exact) mass is 255 g/mol. The van der Waals surface area contributed by atoms with Crippen molar-refractivity contribution in [2.24, 2.45) is 5.92 Å². The molecule has 0 aromatic heterocycles. The molecular formula is C15H33N3. The van der Waals surface area contributed by atoms with E-state index in [0.717, 1.165) is 12.5 Å². The van der Waals surface area contributed by atoms with E-state index in [4.69, 9.17) is 0 Å². The van der Waals surface area contributed by atoms with Crippen LogP contribution in [0.1, 0.15) is 40.5 Å². The lowest BCUT2D eigenvalue weighted by atomic mass is 9.98. The molecule has 0 radical (unpaired) electrons. The van der Waals surface area contributed by atoms with Crippen molar-refractivity contribution in [1.29, 1.82) is 0 Å². The first-order chi connectivity index (χ1) is 8.40. The van der Waals surface area contributed by atoms with Gasteiger partial charge >= 0.3 is 0 Å². The van der Waals surface area contributed by atoms with Gasteiger partial charge in [0.25, 0.3) is 0 Å². The number of piperazine rings is 1. The zero-order chi connectivity index (χ0) is 13.7. The number of rotatable bonds is 6. The van der Waals surface area contributed by atoms with Crippen LogP contribution in [-0.2, 0) is 0 Å². The summed E-state index contributed by atoms with van der Waals surface area (Å²) in [6.07, 6.45) is 2.56. The van der Waals surface area contributed by atoms with E-state index in [1.807, 2.05) is 0 Å². The van der Waals surface area contributed by atoms with E-state index in [2.05, 4.69) is 56.9 Å². The molecule has 1 fully saturated rings. The van der Waals surface area contributed by atoms with Gasteiger partial charge in [-0.3, -0.25) is 4.90 Å². The lowest BCUT2D eigenvalue weighted by molar-refractivity contribution is 0.0845. The predicted octanol–water partition coefficient (Wildman–Crippen LogP) is 2.03. The van der Waals surface area contributed by atoms with Crippen molar-refractivity contribution in [3.63, 3.8) is 0 Å². The Morgan fingerprint density at radius 3 is 2.50 bits per heavy atom.